The Balaban J connectivity index is 2.08. The fourth-order valence-corrected chi connectivity index (χ4v) is 2.13. The molecule has 1 aromatic rings. The van der Waals surface area contributed by atoms with Crippen LogP contribution >= 0.6 is 22.6 Å². The predicted molar refractivity (Wildman–Crippen MR) is 60.1 cm³/mol. The molecule has 13 heavy (non-hydrogen) atoms. The van der Waals surface area contributed by atoms with Crippen LogP contribution in [-0.2, 0) is 0 Å². The lowest BCUT2D eigenvalue weighted by Gasteiger charge is -2.30. The van der Waals surface area contributed by atoms with Gasteiger partial charge < -0.3 is 10.2 Å². The van der Waals surface area contributed by atoms with Crippen molar-refractivity contribution in [3.63, 3.8) is 0 Å². The largest absolute Gasteiger partial charge is 0.337 e. The average Bonchev–Trinajstić information content (AvgIpc) is 2.19. The average molecular weight is 290 g/mol. The highest BCUT2D eigenvalue weighted by Crippen LogP contribution is 2.11. The number of hydrogen-bond acceptors (Lipinski definition) is 4. The summed E-state index contributed by atoms with van der Waals surface area (Å²) in [5.41, 5.74) is 0. The van der Waals surface area contributed by atoms with E-state index in [1.165, 1.54) is 0 Å². The van der Waals surface area contributed by atoms with E-state index in [0.29, 0.717) is 4.05 Å². The standard InChI is InChI=1S/C8H11IN4/c9-7-6-13(5-4-10-7)8-11-2-1-3-12-8/h1-3,7,10H,4-6H2. The Morgan fingerprint density at radius 2 is 2.23 bits per heavy atom. The van der Waals surface area contributed by atoms with Crippen molar-refractivity contribution in [2.24, 2.45) is 0 Å². The highest BCUT2D eigenvalue weighted by atomic mass is 127. The molecule has 0 bridgehead atoms. The summed E-state index contributed by atoms with van der Waals surface area (Å²) in [5.74, 6) is 0.839. The third kappa shape index (κ3) is 2.28. The van der Waals surface area contributed by atoms with Gasteiger partial charge in [-0.1, -0.05) is 22.6 Å². The Hall–Kier alpha value is -0.430. The third-order valence-corrected chi connectivity index (χ3v) is 2.80. The molecule has 1 unspecified atom stereocenters. The molecule has 0 saturated carbocycles. The topological polar surface area (TPSA) is 41.1 Å². The Kier molecular flexibility index (Phi) is 2.94. The minimum absolute atomic E-state index is 0.496. The Morgan fingerprint density at radius 3 is 2.92 bits per heavy atom. The molecule has 1 aromatic heterocycles. The third-order valence-electron chi connectivity index (χ3n) is 1.96. The lowest BCUT2D eigenvalue weighted by atomic mass is 10.4. The lowest BCUT2D eigenvalue weighted by Crippen LogP contribution is -2.48. The summed E-state index contributed by atoms with van der Waals surface area (Å²) in [7, 11) is 0. The first kappa shape index (κ1) is 9.14. The van der Waals surface area contributed by atoms with Crippen LogP contribution < -0.4 is 10.2 Å². The molecule has 1 saturated heterocycles. The number of rotatable bonds is 1. The van der Waals surface area contributed by atoms with E-state index in [-0.39, 0.29) is 0 Å². The van der Waals surface area contributed by atoms with E-state index in [0.717, 1.165) is 25.6 Å². The molecule has 0 spiro atoms. The number of alkyl halides is 1. The number of nitrogens with zero attached hydrogens (tertiary/aromatic N) is 3. The molecule has 1 atom stereocenters. The Bertz CT molecular complexity index is 266. The highest BCUT2D eigenvalue weighted by Gasteiger charge is 2.17. The Morgan fingerprint density at radius 1 is 1.46 bits per heavy atom. The molecule has 1 aliphatic rings. The maximum absolute atomic E-state index is 4.22. The zero-order valence-corrected chi connectivity index (χ0v) is 9.31. The van der Waals surface area contributed by atoms with Crippen molar-refractivity contribution < 1.29 is 0 Å². The van der Waals surface area contributed by atoms with Crippen molar-refractivity contribution in [1.82, 2.24) is 15.3 Å². The minimum atomic E-state index is 0.496. The van der Waals surface area contributed by atoms with Crippen LogP contribution in [0.5, 0.6) is 0 Å². The van der Waals surface area contributed by atoms with Gasteiger partial charge in [0.15, 0.2) is 0 Å². The molecule has 2 rings (SSSR count). The van der Waals surface area contributed by atoms with Gasteiger partial charge in [0.05, 0.1) is 4.05 Å². The molecular weight excluding hydrogens is 279 g/mol. The monoisotopic (exact) mass is 290 g/mol. The molecule has 0 aliphatic carbocycles. The summed E-state index contributed by atoms with van der Waals surface area (Å²) < 4.78 is 0.496. The summed E-state index contributed by atoms with van der Waals surface area (Å²) in [6.45, 7) is 2.97. The first-order valence-corrected chi connectivity index (χ1v) is 5.50. The maximum atomic E-state index is 4.22. The van der Waals surface area contributed by atoms with E-state index < -0.39 is 0 Å². The van der Waals surface area contributed by atoms with Crippen molar-refractivity contribution in [3.05, 3.63) is 18.5 Å². The van der Waals surface area contributed by atoms with E-state index in [1.807, 2.05) is 6.07 Å². The second kappa shape index (κ2) is 4.19. The van der Waals surface area contributed by atoms with Crippen LogP contribution in [0.3, 0.4) is 0 Å². The van der Waals surface area contributed by atoms with Gasteiger partial charge in [0, 0.05) is 32.0 Å². The minimum Gasteiger partial charge on any atom is -0.337 e. The first-order chi connectivity index (χ1) is 6.36. The smallest absolute Gasteiger partial charge is 0.225 e. The van der Waals surface area contributed by atoms with Gasteiger partial charge in [-0.2, -0.15) is 0 Å². The van der Waals surface area contributed by atoms with Gasteiger partial charge in [0.2, 0.25) is 5.95 Å². The fourth-order valence-electron chi connectivity index (χ4n) is 1.34. The molecule has 2 heterocycles. The van der Waals surface area contributed by atoms with Crippen LogP contribution in [-0.4, -0.2) is 33.7 Å². The van der Waals surface area contributed by atoms with E-state index >= 15 is 0 Å². The second-order valence-corrected chi connectivity index (χ2v) is 4.42. The molecule has 1 aliphatic heterocycles. The van der Waals surface area contributed by atoms with Crippen LogP contribution in [0.4, 0.5) is 5.95 Å². The van der Waals surface area contributed by atoms with Crippen molar-refractivity contribution in [1.29, 1.82) is 0 Å². The van der Waals surface area contributed by atoms with Crippen LogP contribution in [0.15, 0.2) is 18.5 Å². The number of piperazine rings is 1. The van der Waals surface area contributed by atoms with Crippen LogP contribution in [0, 0.1) is 0 Å². The van der Waals surface area contributed by atoms with Gasteiger partial charge in [-0.05, 0) is 6.07 Å². The van der Waals surface area contributed by atoms with Gasteiger partial charge >= 0.3 is 0 Å². The van der Waals surface area contributed by atoms with Crippen LogP contribution in [0.25, 0.3) is 0 Å². The van der Waals surface area contributed by atoms with Crippen molar-refractivity contribution in [3.8, 4) is 0 Å². The quantitative estimate of drug-likeness (QED) is 0.468. The van der Waals surface area contributed by atoms with E-state index in [2.05, 4.69) is 42.8 Å². The summed E-state index contributed by atoms with van der Waals surface area (Å²) >= 11 is 2.39. The van der Waals surface area contributed by atoms with E-state index in [4.69, 9.17) is 0 Å². The first-order valence-electron chi connectivity index (χ1n) is 4.26. The summed E-state index contributed by atoms with van der Waals surface area (Å²) in [6, 6.07) is 1.84. The number of halogens is 1. The van der Waals surface area contributed by atoms with Gasteiger partial charge in [-0.3, -0.25) is 0 Å². The van der Waals surface area contributed by atoms with E-state index in [1.54, 1.807) is 12.4 Å². The van der Waals surface area contributed by atoms with Gasteiger partial charge in [-0.25, -0.2) is 9.97 Å². The second-order valence-electron chi connectivity index (χ2n) is 2.92. The predicted octanol–water partition coefficient (Wildman–Crippen LogP) is 0.647. The summed E-state index contributed by atoms with van der Waals surface area (Å²) in [5, 5.41) is 3.37. The molecule has 0 amide bonds. The number of anilines is 1. The summed E-state index contributed by atoms with van der Waals surface area (Å²) in [4.78, 5) is 10.6. The zero-order valence-electron chi connectivity index (χ0n) is 7.15. The molecular formula is C8H11IN4. The van der Waals surface area contributed by atoms with Gasteiger partial charge in [0.25, 0.3) is 0 Å². The van der Waals surface area contributed by atoms with E-state index in [9.17, 15) is 0 Å². The number of aromatic nitrogens is 2. The van der Waals surface area contributed by atoms with Crippen molar-refractivity contribution >= 4 is 28.5 Å². The summed E-state index contributed by atoms with van der Waals surface area (Å²) in [6.07, 6.45) is 3.57. The molecule has 70 valence electrons. The lowest BCUT2D eigenvalue weighted by molar-refractivity contribution is 0.564. The van der Waals surface area contributed by atoms with Gasteiger partial charge in [-0.15, -0.1) is 0 Å². The van der Waals surface area contributed by atoms with Crippen molar-refractivity contribution in [2.75, 3.05) is 24.5 Å². The number of nitrogens with one attached hydrogen (secondary N) is 1. The number of hydrogen-bond donors (Lipinski definition) is 1. The van der Waals surface area contributed by atoms with Gasteiger partial charge in [0.1, 0.15) is 0 Å². The molecule has 1 fully saturated rings. The normalized spacial score (nSPS) is 23.2. The molecule has 0 radical (unpaired) electrons. The molecule has 0 aromatic carbocycles. The SMILES string of the molecule is IC1CN(c2ncccn2)CCN1. The van der Waals surface area contributed by atoms with Crippen molar-refractivity contribution in [2.45, 2.75) is 4.05 Å². The molecule has 5 heteroatoms. The molecule has 4 nitrogen and oxygen atoms in total. The van der Waals surface area contributed by atoms with Crippen LogP contribution in [0.1, 0.15) is 0 Å². The Labute approximate surface area is 90.9 Å². The zero-order chi connectivity index (χ0) is 9.10. The fraction of sp³-hybridized carbons (Fsp3) is 0.500. The molecule has 1 N–H and O–H groups in total. The maximum Gasteiger partial charge on any atom is 0.225 e. The van der Waals surface area contributed by atoms with Crippen LogP contribution in [0.2, 0.25) is 0 Å². The highest BCUT2D eigenvalue weighted by molar-refractivity contribution is 14.1.